The SMILES string of the molecule is CC(=O)Oc1ccccc1C(=O)O.CC(C)(C)NC[C@H](O)COc1nsnc1N1CCOCC1. The number of morpholine rings is 1. The zero-order chi connectivity index (χ0) is 25.1. The van der Waals surface area contributed by atoms with Crippen LogP contribution in [-0.2, 0) is 9.53 Å². The Bertz CT molecular complexity index is 926. The molecular weight excluding hydrogens is 464 g/mol. The van der Waals surface area contributed by atoms with E-state index < -0.39 is 18.0 Å². The fraction of sp³-hybridized carbons (Fsp3) is 0.545. The zero-order valence-electron chi connectivity index (χ0n) is 19.8. The van der Waals surface area contributed by atoms with E-state index >= 15 is 0 Å². The highest BCUT2D eigenvalue weighted by Crippen LogP contribution is 2.26. The van der Waals surface area contributed by atoms with Crippen molar-refractivity contribution in [3.05, 3.63) is 29.8 Å². The summed E-state index contributed by atoms with van der Waals surface area (Å²) in [6, 6.07) is 5.98. The van der Waals surface area contributed by atoms with Crippen molar-refractivity contribution < 1.29 is 34.0 Å². The molecule has 0 amide bonds. The third-order valence-corrected chi connectivity index (χ3v) is 4.91. The number of hydrogen-bond donors (Lipinski definition) is 3. The Hall–Kier alpha value is -2.80. The summed E-state index contributed by atoms with van der Waals surface area (Å²) in [4.78, 5) is 23.3. The quantitative estimate of drug-likeness (QED) is 0.364. The molecule has 1 aliphatic heterocycles. The third-order valence-electron chi connectivity index (χ3n) is 4.40. The highest BCUT2D eigenvalue weighted by Gasteiger charge is 2.21. The summed E-state index contributed by atoms with van der Waals surface area (Å²) in [5.74, 6) is -0.330. The number of aliphatic hydroxyl groups excluding tert-OH is 1. The molecule has 2 aromatic rings. The number of β-amino-alcohol motifs (C(OH)–C–C–N with tert-alkyl or cyclic N) is 1. The van der Waals surface area contributed by atoms with Crippen LogP contribution in [0, 0.1) is 0 Å². The van der Waals surface area contributed by atoms with Gasteiger partial charge in [0.2, 0.25) is 5.82 Å². The van der Waals surface area contributed by atoms with E-state index in [2.05, 4.69) is 44.5 Å². The molecule has 0 aliphatic carbocycles. The molecule has 0 radical (unpaired) electrons. The molecule has 1 aromatic carbocycles. The van der Waals surface area contributed by atoms with Crippen LogP contribution in [0.4, 0.5) is 5.82 Å². The molecule has 12 heteroatoms. The van der Waals surface area contributed by atoms with Crippen molar-refractivity contribution in [1.82, 2.24) is 14.1 Å². The lowest BCUT2D eigenvalue weighted by Crippen LogP contribution is -2.42. The number of para-hydroxylation sites is 1. The second-order valence-corrected chi connectivity index (χ2v) is 9.01. The van der Waals surface area contributed by atoms with E-state index in [1.165, 1.54) is 19.1 Å². The molecule has 1 aromatic heterocycles. The largest absolute Gasteiger partial charge is 0.478 e. The van der Waals surface area contributed by atoms with Crippen LogP contribution in [-0.4, -0.2) is 82.0 Å². The van der Waals surface area contributed by atoms with E-state index in [9.17, 15) is 14.7 Å². The number of aromatic carboxylic acids is 1. The molecule has 3 rings (SSSR count). The van der Waals surface area contributed by atoms with E-state index in [1.54, 1.807) is 12.1 Å². The molecule has 1 atom stereocenters. The van der Waals surface area contributed by atoms with E-state index in [0.29, 0.717) is 25.6 Å². The number of rotatable bonds is 8. The summed E-state index contributed by atoms with van der Waals surface area (Å²) >= 11 is 1.12. The Labute approximate surface area is 203 Å². The molecule has 0 bridgehead atoms. The van der Waals surface area contributed by atoms with Crippen LogP contribution in [0.15, 0.2) is 24.3 Å². The molecule has 3 N–H and O–H groups in total. The third kappa shape index (κ3) is 9.59. The predicted octanol–water partition coefficient (Wildman–Crippen LogP) is 1.81. The van der Waals surface area contributed by atoms with Crippen LogP contribution >= 0.6 is 11.7 Å². The normalized spacial score (nSPS) is 14.6. The Morgan fingerprint density at radius 1 is 1.24 bits per heavy atom. The number of anilines is 1. The standard InChI is InChI=1S/C13H24N4O3S.C9H8O4/c1-13(2,3)14-8-10(18)9-20-12-11(15-21-16-12)17-4-6-19-7-5-17;1-6(10)13-8-5-3-2-4-7(8)9(11)12/h10,14,18H,4-9H2,1-3H3;2-5H,1H3,(H,11,12)/t10-;/m0./s1. The lowest BCUT2D eigenvalue weighted by Gasteiger charge is -2.27. The second kappa shape index (κ2) is 13.2. The summed E-state index contributed by atoms with van der Waals surface area (Å²) in [5.41, 5.74) is -0.0417. The molecule has 2 heterocycles. The molecule has 1 fully saturated rings. The minimum absolute atomic E-state index is 0.0160. The van der Waals surface area contributed by atoms with Crippen molar-refractivity contribution in [2.75, 3.05) is 44.4 Å². The van der Waals surface area contributed by atoms with Crippen molar-refractivity contribution >= 4 is 29.5 Å². The summed E-state index contributed by atoms with van der Waals surface area (Å²) in [6.45, 7) is 11.0. The van der Waals surface area contributed by atoms with Crippen molar-refractivity contribution in [3.63, 3.8) is 0 Å². The first-order valence-corrected chi connectivity index (χ1v) is 11.5. The average Bonchev–Trinajstić information content (AvgIpc) is 3.25. The molecule has 34 heavy (non-hydrogen) atoms. The number of hydrogen-bond acceptors (Lipinski definition) is 11. The number of carboxylic acids is 1. The van der Waals surface area contributed by atoms with Gasteiger partial charge in [-0.2, -0.15) is 4.37 Å². The average molecular weight is 497 g/mol. The molecule has 1 saturated heterocycles. The topological polar surface area (TPSA) is 143 Å². The minimum atomic E-state index is -1.11. The van der Waals surface area contributed by atoms with Gasteiger partial charge in [-0.25, -0.2) is 4.79 Å². The monoisotopic (exact) mass is 496 g/mol. The van der Waals surface area contributed by atoms with Gasteiger partial charge in [-0.1, -0.05) is 12.1 Å². The lowest BCUT2D eigenvalue weighted by atomic mass is 10.1. The van der Waals surface area contributed by atoms with Gasteiger partial charge in [-0.3, -0.25) is 4.79 Å². The molecule has 1 aliphatic rings. The lowest BCUT2D eigenvalue weighted by molar-refractivity contribution is -0.131. The Balaban J connectivity index is 0.000000270. The molecule has 0 spiro atoms. The van der Waals surface area contributed by atoms with E-state index in [1.807, 2.05) is 0 Å². The first-order valence-electron chi connectivity index (χ1n) is 10.8. The summed E-state index contributed by atoms with van der Waals surface area (Å²) in [7, 11) is 0. The number of carbonyl (C=O) groups is 2. The van der Waals surface area contributed by atoms with Gasteiger partial charge in [0.25, 0.3) is 5.88 Å². The number of nitrogens with one attached hydrogen (secondary N) is 1. The van der Waals surface area contributed by atoms with E-state index in [0.717, 1.165) is 30.6 Å². The van der Waals surface area contributed by atoms with Crippen molar-refractivity contribution in [2.24, 2.45) is 0 Å². The number of carboxylic acid groups (broad SMARTS) is 1. The molecular formula is C22H32N4O7S. The van der Waals surface area contributed by atoms with Gasteiger partial charge >= 0.3 is 11.9 Å². The van der Waals surface area contributed by atoms with Crippen LogP contribution in [0.2, 0.25) is 0 Å². The van der Waals surface area contributed by atoms with Gasteiger partial charge in [0.15, 0.2) is 0 Å². The van der Waals surface area contributed by atoms with Crippen LogP contribution in [0.3, 0.4) is 0 Å². The minimum Gasteiger partial charge on any atom is -0.478 e. The van der Waals surface area contributed by atoms with Gasteiger partial charge in [-0.15, -0.1) is 4.37 Å². The number of aliphatic hydroxyl groups is 1. The number of carbonyl (C=O) groups excluding carboxylic acids is 1. The maximum atomic E-state index is 10.6. The number of ether oxygens (including phenoxy) is 3. The highest BCUT2D eigenvalue weighted by atomic mass is 32.1. The number of esters is 1. The van der Waals surface area contributed by atoms with Crippen molar-refractivity contribution in [3.8, 4) is 11.6 Å². The maximum Gasteiger partial charge on any atom is 0.339 e. The van der Waals surface area contributed by atoms with Crippen LogP contribution in [0.25, 0.3) is 0 Å². The van der Waals surface area contributed by atoms with Gasteiger partial charge in [0.1, 0.15) is 24.0 Å². The molecule has 11 nitrogen and oxygen atoms in total. The van der Waals surface area contributed by atoms with Crippen molar-refractivity contribution in [2.45, 2.75) is 39.3 Å². The zero-order valence-corrected chi connectivity index (χ0v) is 20.6. The molecule has 0 saturated carbocycles. The fourth-order valence-corrected chi connectivity index (χ4v) is 3.30. The Morgan fingerprint density at radius 3 is 2.53 bits per heavy atom. The maximum absolute atomic E-state index is 10.6. The second-order valence-electron chi connectivity index (χ2n) is 8.48. The van der Waals surface area contributed by atoms with Crippen LogP contribution in [0.5, 0.6) is 11.6 Å². The highest BCUT2D eigenvalue weighted by molar-refractivity contribution is 6.99. The summed E-state index contributed by atoms with van der Waals surface area (Å²) in [5, 5.41) is 21.9. The van der Waals surface area contributed by atoms with Gasteiger partial charge in [0.05, 0.1) is 24.9 Å². The molecule has 0 unspecified atom stereocenters. The van der Waals surface area contributed by atoms with Gasteiger partial charge in [-0.05, 0) is 32.9 Å². The van der Waals surface area contributed by atoms with Crippen LogP contribution in [0.1, 0.15) is 38.1 Å². The van der Waals surface area contributed by atoms with E-state index in [-0.39, 0.29) is 23.5 Å². The van der Waals surface area contributed by atoms with Gasteiger partial charge in [0, 0.05) is 32.1 Å². The van der Waals surface area contributed by atoms with E-state index in [4.69, 9.17) is 14.6 Å². The van der Waals surface area contributed by atoms with Crippen molar-refractivity contribution in [1.29, 1.82) is 0 Å². The summed E-state index contributed by atoms with van der Waals surface area (Å²) < 4.78 is 24.1. The first kappa shape index (κ1) is 27.4. The Kier molecular flexibility index (Phi) is 10.6. The van der Waals surface area contributed by atoms with Gasteiger partial charge < -0.3 is 34.6 Å². The molecule has 188 valence electrons. The predicted molar refractivity (Wildman–Crippen MR) is 127 cm³/mol. The fourth-order valence-electron chi connectivity index (χ4n) is 2.78. The first-order chi connectivity index (χ1) is 16.1. The number of nitrogens with zero attached hydrogens (tertiary/aromatic N) is 3. The van der Waals surface area contributed by atoms with Crippen LogP contribution < -0.4 is 19.7 Å². The smallest absolute Gasteiger partial charge is 0.339 e. The number of benzene rings is 1. The number of aromatic nitrogens is 2. The summed E-state index contributed by atoms with van der Waals surface area (Å²) in [6.07, 6.45) is -0.580. The Morgan fingerprint density at radius 2 is 1.91 bits per heavy atom.